The Morgan fingerprint density at radius 1 is 1.40 bits per heavy atom. The number of hydrogen-bond donors (Lipinski definition) is 5. The molecule has 0 aromatic carbocycles. The van der Waals surface area contributed by atoms with Crippen molar-refractivity contribution in [3.05, 3.63) is 11.1 Å². The number of primary amides is 1. The van der Waals surface area contributed by atoms with E-state index in [4.69, 9.17) is 26.0 Å². The molecular weight excluding hydrogens is 448 g/mol. The molecule has 2 unspecified atom stereocenters. The van der Waals surface area contributed by atoms with Gasteiger partial charge in [-0.25, -0.2) is 9.78 Å². The van der Waals surface area contributed by atoms with Gasteiger partial charge in [-0.2, -0.15) is 12.7 Å². The van der Waals surface area contributed by atoms with Gasteiger partial charge in [0.1, 0.15) is 11.7 Å². The number of carboxylic acids is 1. The number of aliphatic carboxylic acids is 1. The first-order valence-electron chi connectivity index (χ1n) is 7.78. The average Bonchev–Trinajstić information content (AvgIpc) is 3.01. The number of amides is 3. The van der Waals surface area contributed by atoms with Gasteiger partial charge < -0.3 is 26.7 Å². The molecule has 1 fully saturated rings. The minimum atomic E-state index is -5.10. The van der Waals surface area contributed by atoms with Crippen LogP contribution in [0.4, 0.5) is 5.13 Å². The molecule has 0 spiro atoms. The lowest BCUT2D eigenvalue weighted by atomic mass is 9.98. The van der Waals surface area contributed by atoms with Crippen LogP contribution in [0.1, 0.15) is 19.5 Å². The Balaban J connectivity index is 2.34. The molecule has 1 aromatic heterocycles. The number of nitrogen functional groups attached to an aromatic ring is 1. The molecule has 2 atom stereocenters. The Kier molecular flexibility index (Phi) is 6.00. The molecule has 0 bridgehead atoms. The molecule has 1 aliphatic rings. The number of oxime groups is 1. The SMILES string of the molecule is CC(C)(ON=C(C(=O)NC1C(=O)N(S(=O)(=O)O)C1C(N)=O)c1csc(N)n1)C(=O)O. The van der Waals surface area contributed by atoms with Crippen LogP contribution in [-0.2, 0) is 34.3 Å². The number of nitrogens with zero attached hydrogens (tertiary/aromatic N) is 3. The van der Waals surface area contributed by atoms with Crippen LogP contribution in [-0.4, -0.2) is 74.5 Å². The quantitative estimate of drug-likeness (QED) is 0.114. The lowest BCUT2D eigenvalue weighted by molar-refractivity contribution is -0.161. The zero-order valence-corrected chi connectivity index (χ0v) is 16.9. The maximum Gasteiger partial charge on any atom is 0.363 e. The van der Waals surface area contributed by atoms with E-state index in [2.05, 4.69) is 10.1 Å². The van der Waals surface area contributed by atoms with Gasteiger partial charge in [-0.1, -0.05) is 5.16 Å². The van der Waals surface area contributed by atoms with Crippen LogP contribution < -0.4 is 16.8 Å². The second-order valence-electron chi connectivity index (χ2n) is 6.33. The summed E-state index contributed by atoms with van der Waals surface area (Å²) in [5.74, 6) is -5.24. The van der Waals surface area contributed by atoms with Crippen LogP contribution >= 0.6 is 11.3 Å². The van der Waals surface area contributed by atoms with Crippen molar-refractivity contribution in [2.24, 2.45) is 10.9 Å². The number of nitrogens with one attached hydrogen (secondary N) is 1. The molecular formula is C13H16N6O9S2. The van der Waals surface area contributed by atoms with Crippen LogP contribution in [0.25, 0.3) is 0 Å². The van der Waals surface area contributed by atoms with Gasteiger partial charge in [-0.15, -0.1) is 11.3 Å². The minimum absolute atomic E-state index is 0.0234. The summed E-state index contributed by atoms with van der Waals surface area (Å²) in [6.45, 7) is 2.29. The van der Waals surface area contributed by atoms with Crippen molar-refractivity contribution in [2.75, 3.05) is 5.73 Å². The largest absolute Gasteiger partial charge is 0.478 e. The number of hydrogen-bond acceptors (Lipinski definition) is 11. The highest BCUT2D eigenvalue weighted by Crippen LogP contribution is 2.24. The van der Waals surface area contributed by atoms with Crippen molar-refractivity contribution >= 4 is 56.2 Å². The number of nitrogens with two attached hydrogens (primary N) is 2. The molecule has 7 N–H and O–H groups in total. The Morgan fingerprint density at radius 3 is 2.43 bits per heavy atom. The standard InChI is InChI=1S/C13H16N6O9S2/c1-13(2,11(23)24)28-18-5(4-3-29-12(15)16-4)9(21)17-6-7(8(14)20)19(10(6)22)30(25,26)27/h3,6-7H,1-2H3,(H2,14,20)(H2,15,16)(H,17,21)(H,23,24)(H,25,26,27). The number of rotatable bonds is 8. The van der Waals surface area contributed by atoms with Crippen LogP contribution in [0, 0.1) is 0 Å². The van der Waals surface area contributed by atoms with Crippen LogP contribution in [0.15, 0.2) is 10.5 Å². The molecule has 0 saturated carbocycles. The summed E-state index contributed by atoms with van der Waals surface area (Å²) in [4.78, 5) is 56.0. The zero-order valence-electron chi connectivity index (χ0n) is 15.3. The van der Waals surface area contributed by atoms with E-state index in [1.165, 1.54) is 5.38 Å². The highest BCUT2D eigenvalue weighted by molar-refractivity contribution is 7.84. The molecule has 17 heteroatoms. The summed E-state index contributed by atoms with van der Waals surface area (Å²) >= 11 is 0.910. The predicted molar refractivity (Wildman–Crippen MR) is 99.2 cm³/mol. The number of carboxylic acid groups (broad SMARTS) is 1. The van der Waals surface area contributed by atoms with E-state index in [1.807, 2.05) is 5.32 Å². The molecule has 15 nitrogen and oxygen atoms in total. The number of β-lactam (4-membered cyclic amide) rings is 1. The third kappa shape index (κ3) is 4.47. The van der Waals surface area contributed by atoms with E-state index >= 15 is 0 Å². The van der Waals surface area contributed by atoms with Gasteiger partial charge in [-0.3, -0.25) is 18.9 Å². The fourth-order valence-corrected chi connectivity index (χ4v) is 3.55. The summed E-state index contributed by atoms with van der Waals surface area (Å²) < 4.78 is 31.3. The maximum atomic E-state index is 12.6. The van der Waals surface area contributed by atoms with Gasteiger partial charge in [0.05, 0.1) is 0 Å². The second-order valence-corrected chi connectivity index (χ2v) is 8.51. The lowest BCUT2D eigenvalue weighted by Crippen LogP contribution is -2.75. The van der Waals surface area contributed by atoms with E-state index in [0.29, 0.717) is 0 Å². The topological polar surface area (TPSA) is 245 Å². The lowest BCUT2D eigenvalue weighted by Gasteiger charge is -2.41. The highest BCUT2D eigenvalue weighted by atomic mass is 32.2. The summed E-state index contributed by atoms with van der Waals surface area (Å²) in [7, 11) is -5.10. The number of anilines is 1. The van der Waals surface area contributed by atoms with Gasteiger partial charge in [0.25, 0.3) is 11.8 Å². The van der Waals surface area contributed by atoms with Crippen molar-refractivity contribution in [3.8, 4) is 0 Å². The van der Waals surface area contributed by atoms with E-state index < -0.39 is 57.4 Å². The molecule has 1 aromatic rings. The fourth-order valence-electron chi connectivity index (χ4n) is 2.15. The van der Waals surface area contributed by atoms with Crippen molar-refractivity contribution in [2.45, 2.75) is 31.5 Å². The maximum absolute atomic E-state index is 12.6. The number of aromatic nitrogens is 1. The third-order valence-electron chi connectivity index (χ3n) is 3.74. The van der Waals surface area contributed by atoms with Gasteiger partial charge >= 0.3 is 16.3 Å². The summed E-state index contributed by atoms with van der Waals surface area (Å²) in [6.07, 6.45) is 0. The van der Waals surface area contributed by atoms with E-state index in [-0.39, 0.29) is 15.1 Å². The normalized spacial score (nSPS) is 19.8. The van der Waals surface area contributed by atoms with Crippen molar-refractivity contribution < 1.29 is 42.1 Å². The van der Waals surface area contributed by atoms with Gasteiger partial charge in [0, 0.05) is 5.38 Å². The molecule has 3 amide bonds. The first kappa shape index (κ1) is 23.0. The highest BCUT2D eigenvalue weighted by Gasteiger charge is 2.57. The molecule has 164 valence electrons. The monoisotopic (exact) mass is 464 g/mol. The van der Waals surface area contributed by atoms with E-state index in [1.54, 1.807) is 0 Å². The molecule has 2 rings (SSSR count). The average molecular weight is 464 g/mol. The molecule has 0 aliphatic carbocycles. The van der Waals surface area contributed by atoms with E-state index in [9.17, 15) is 27.6 Å². The van der Waals surface area contributed by atoms with Crippen molar-refractivity contribution in [1.82, 2.24) is 14.6 Å². The Bertz CT molecular complexity index is 1050. The smallest absolute Gasteiger partial charge is 0.363 e. The zero-order chi connectivity index (χ0) is 23.0. The van der Waals surface area contributed by atoms with E-state index in [0.717, 1.165) is 25.2 Å². The predicted octanol–water partition coefficient (Wildman–Crippen LogP) is -2.71. The second kappa shape index (κ2) is 7.84. The fraction of sp³-hybridized carbons (Fsp3) is 0.385. The van der Waals surface area contributed by atoms with Gasteiger partial charge in [-0.05, 0) is 13.8 Å². The van der Waals surface area contributed by atoms with Gasteiger partial charge in [0.2, 0.25) is 11.5 Å². The first-order valence-corrected chi connectivity index (χ1v) is 10.1. The number of carbonyl (C=O) groups excluding carboxylic acids is 3. The first-order chi connectivity index (χ1) is 13.7. The van der Waals surface area contributed by atoms with Crippen LogP contribution in [0.3, 0.4) is 0 Å². The van der Waals surface area contributed by atoms with Crippen molar-refractivity contribution in [1.29, 1.82) is 0 Å². The minimum Gasteiger partial charge on any atom is -0.478 e. The molecule has 0 radical (unpaired) electrons. The van der Waals surface area contributed by atoms with Crippen LogP contribution in [0.5, 0.6) is 0 Å². The molecule has 2 heterocycles. The Labute approximate surface area is 172 Å². The molecule has 1 saturated heterocycles. The summed E-state index contributed by atoms with van der Waals surface area (Å²) in [5.41, 5.74) is 7.94. The van der Waals surface area contributed by atoms with Crippen LogP contribution in [0.2, 0.25) is 0 Å². The number of thiazole rings is 1. The van der Waals surface area contributed by atoms with Crippen molar-refractivity contribution in [3.63, 3.8) is 0 Å². The Morgan fingerprint density at radius 2 is 2.00 bits per heavy atom. The number of carbonyl (C=O) groups is 4. The Hall–Kier alpha value is -3.31. The molecule has 30 heavy (non-hydrogen) atoms. The summed E-state index contributed by atoms with van der Waals surface area (Å²) in [6, 6.07) is -3.64. The summed E-state index contributed by atoms with van der Waals surface area (Å²) in [5, 5.41) is 15.9. The van der Waals surface area contributed by atoms with Gasteiger partial charge in [0.15, 0.2) is 16.9 Å². The third-order valence-corrected chi connectivity index (χ3v) is 5.32. The molecule has 1 aliphatic heterocycles.